The Morgan fingerprint density at radius 2 is 2.14 bits per heavy atom. The number of alkyl halides is 1. The summed E-state index contributed by atoms with van der Waals surface area (Å²) in [6, 6.07) is 5.00. The van der Waals surface area contributed by atoms with Crippen LogP contribution in [0.1, 0.15) is 29.6 Å². The number of halogens is 1. The van der Waals surface area contributed by atoms with Gasteiger partial charge in [0.05, 0.1) is 5.56 Å². The number of aromatic nitrogens is 2. The highest BCUT2D eigenvalue weighted by atomic mass is 127. The number of hydrogen-bond acceptors (Lipinski definition) is 7. The van der Waals surface area contributed by atoms with E-state index in [0.717, 1.165) is 32.4 Å². The fourth-order valence-corrected chi connectivity index (χ4v) is 3.35. The largest absolute Gasteiger partial charge is 0.479 e. The molecule has 3 N–H and O–H groups in total. The van der Waals surface area contributed by atoms with Crippen LogP contribution in [-0.2, 0) is 4.79 Å². The van der Waals surface area contributed by atoms with Crippen molar-refractivity contribution < 1.29 is 14.3 Å². The molecule has 0 unspecified atom stereocenters. The van der Waals surface area contributed by atoms with Crippen molar-refractivity contribution in [3.8, 4) is 5.75 Å². The molecule has 9 nitrogen and oxygen atoms in total. The van der Waals surface area contributed by atoms with Crippen LogP contribution in [-0.4, -0.2) is 44.5 Å². The molecule has 0 radical (unpaired) electrons. The predicted octanol–water partition coefficient (Wildman–Crippen LogP) is 1.84. The van der Waals surface area contributed by atoms with Gasteiger partial charge >= 0.3 is 0 Å². The maximum Gasteiger partial charge on any atom is 0.255 e. The van der Waals surface area contributed by atoms with E-state index in [1.807, 2.05) is 4.90 Å². The second-order valence-corrected chi connectivity index (χ2v) is 6.84. The molecule has 0 atom stereocenters. The van der Waals surface area contributed by atoms with Gasteiger partial charge in [0, 0.05) is 37.2 Å². The lowest BCUT2D eigenvalue weighted by Crippen LogP contribution is -2.35. The first kappa shape index (κ1) is 20.1. The fraction of sp³-hybridized carbons (Fsp3) is 0.333. The number of carbonyl (C=O) groups is 2. The standard InChI is InChI=1S/C18H21IN6O3/c19-11-28-15-8-13(18(27)24-5-2-1-3-6-24)10-21-17(15)22-14-4-7-25(12-26)16(9-14)23-20/h4,7-10,12H,1-3,5-6,11,20H2,(H,21,22)/b23-16-. The first-order chi connectivity index (χ1) is 13.7. The van der Waals surface area contributed by atoms with Crippen LogP contribution in [0.5, 0.6) is 5.75 Å². The smallest absolute Gasteiger partial charge is 0.255 e. The Kier molecular flexibility index (Phi) is 6.85. The molecule has 3 rings (SSSR count). The lowest BCUT2D eigenvalue weighted by molar-refractivity contribution is 0.0723. The summed E-state index contributed by atoms with van der Waals surface area (Å²) in [7, 11) is 0. The highest BCUT2D eigenvalue weighted by Gasteiger charge is 2.20. The van der Waals surface area contributed by atoms with Crippen LogP contribution in [0.3, 0.4) is 0 Å². The van der Waals surface area contributed by atoms with Crippen LogP contribution in [0, 0.1) is 0 Å². The zero-order chi connectivity index (χ0) is 19.9. The Labute approximate surface area is 175 Å². The Bertz CT molecular complexity index is 924. The molecular weight excluding hydrogens is 475 g/mol. The van der Waals surface area contributed by atoms with Crippen LogP contribution in [0.25, 0.3) is 0 Å². The number of piperidine rings is 1. The van der Waals surface area contributed by atoms with Gasteiger partial charge in [-0.05, 0) is 54.0 Å². The monoisotopic (exact) mass is 496 g/mol. The molecule has 2 aromatic rings. The topological polar surface area (TPSA) is 115 Å². The van der Waals surface area contributed by atoms with E-state index in [-0.39, 0.29) is 11.4 Å². The van der Waals surface area contributed by atoms with Crippen LogP contribution in [0.4, 0.5) is 11.5 Å². The minimum Gasteiger partial charge on any atom is -0.479 e. The van der Waals surface area contributed by atoms with Crippen molar-refractivity contribution >= 4 is 46.4 Å². The van der Waals surface area contributed by atoms with Gasteiger partial charge in [-0.3, -0.25) is 14.2 Å². The van der Waals surface area contributed by atoms with E-state index in [2.05, 4.69) is 38.0 Å². The highest BCUT2D eigenvalue weighted by Crippen LogP contribution is 2.27. The van der Waals surface area contributed by atoms with Gasteiger partial charge in [0.15, 0.2) is 17.1 Å². The minimum absolute atomic E-state index is 0.0342. The van der Waals surface area contributed by atoms with Crippen molar-refractivity contribution in [1.82, 2.24) is 14.5 Å². The molecule has 3 heterocycles. The molecule has 0 spiro atoms. The van der Waals surface area contributed by atoms with Gasteiger partial charge in [-0.15, -0.1) is 0 Å². The molecule has 1 aliphatic rings. The number of anilines is 2. The first-order valence-electron chi connectivity index (χ1n) is 8.82. The summed E-state index contributed by atoms with van der Waals surface area (Å²) in [6.45, 7) is 1.54. The van der Waals surface area contributed by atoms with E-state index >= 15 is 0 Å². The molecule has 2 aromatic heterocycles. The molecule has 0 bridgehead atoms. The number of rotatable bonds is 6. The molecule has 1 fully saturated rings. The Morgan fingerprint density at radius 3 is 2.82 bits per heavy atom. The van der Waals surface area contributed by atoms with E-state index in [1.54, 1.807) is 24.4 Å². The summed E-state index contributed by atoms with van der Waals surface area (Å²) < 4.78 is 7.32. The third-order valence-corrected chi connectivity index (χ3v) is 4.74. The normalized spacial score (nSPS) is 14.6. The Morgan fingerprint density at radius 1 is 1.36 bits per heavy atom. The maximum absolute atomic E-state index is 12.7. The summed E-state index contributed by atoms with van der Waals surface area (Å²) >= 11 is 2.08. The average molecular weight is 496 g/mol. The van der Waals surface area contributed by atoms with Gasteiger partial charge in [-0.1, -0.05) is 0 Å². The Hall–Kier alpha value is -2.63. The number of hydrogen-bond donors (Lipinski definition) is 2. The quantitative estimate of drug-likeness (QED) is 0.208. The molecule has 0 saturated carbocycles. The SMILES string of the molecule is N/N=c1/cc(Nc2ncc(C(=O)N3CCCCC3)cc2OCI)ccn1C=O. The lowest BCUT2D eigenvalue weighted by atomic mass is 10.1. The maximum atomic E-state index is 12.7. The molecule has 148 valence electrons. The van der Waals surface area contributed by atoms with E-state index in [9.17, 15) is 9.59 Å². The number of ether oxygens (including phenoxy) is 1. The number of carbonyl (C=O) groups excluding carboxylic acids is 2. The zero-order valence-electron chi connectivity index (χ0n) is 15.2. The number of nitrogens with two attached hydrogens (primary N) is 1. The zero-order valence-corrected chi connectivity index (χ0v) is 17.3. The molecule has 28 heavy (non-hydrogen) atoms. The third-order valence-electron chi connectivity index (χ3n) is 4.43. The fourth-order valence-electron chi connectivity index (χ4n) is 3.01. The van der Waals surface area contributed by atoms with Crippen molar-refractivity contribution in [3.05, 3.63) is 41.6 Å². The van der Waals surface area contributed by atoms with Crippen molar-refractivity contribution in [2.45, 2.75) is 19.3 Å². The van der Waals surface area contributed by atoms with E-state index in [0.29, 0.717) is 33.8 Å². The number of nitrogens with one attached hydrogen (secondary N) is 1. The third kappa shape index (κ3) is 4.61. The number of nitrogens with zero attached hydrogens (tertiary/aromatic N) is 4. The van der Waals surface area contributed by atoms with Gasteiger partial charge in [0.25, 0.3) is 5.91 Å². The van der Waals surface area contributed by atoms with Gasteiger partial charge in [-0.25, -0.2) is 4.98 Å². The average Bonchev–Trinajstić information content (AvgIpc) is 2.75. The van der Waals surface area contributed by atoms with Crippen molar-refractivity contribution in [2.75, 3.05) is 23.0 Å². The van der Waals surface area contributed by atoms with Gasteiger partial charge in [0.2, 0.25) is 6.41 Å². The van der Waals surface area contributed by atoms with Crippen LogP contribution < -0.4 is 21.4 Å². The second kappa shape index (κ2) is 9.53. The van der Waals surface area contributed by atoms with Crippen molar-refractivity contribution in [3.63, 3.8) is 0 Å². The Balaban J connectivity index is 1.87. The number of likely N-dealkylation sites (tertiary alicyclic amines) is 1. The van der Waals surface area contributed by atoms with Crippen LogP contribution in [0.2, 0.25) is 0 Å². The van der Waals surface area contributed by atoms with Crippen LogP contribution >= 0.6 is 22.6 Å². The summed E-state index contributed by atoms with van der Waals surface area (Å²) in [5.41, 5.74) is 1.41. The van der Waals surface area contributed by atoms with Gasteiger partial charge < -0.3 is 20.8 Å². The molecule has 1 saturated heterocycles. The summed E-state index contributed by atoms with van der Waals surface area (Å²) in [5, 5.41) is 6.70. The summed E-state index contributed by atoms with van der Waals surface area (Å²) in [4.78, 5) is 29.9. The van der Waals surface area contributed by atoms with E-state index in [4.69, 9.17) is 10.6 Å². The summed E-state index contributed by atoms with van der Waals surface area (Å²) in [5.74, 6) is 6.22. The number of amides is 1. The summed E-state index contributed by atoms with van der Waals surface area (Å²) in [6.07, 6.45) is 6.90. The van der Waals surface area contributed by atoms with Crippen molar-refractivity contribution in [1.29, 1.82) is 0 Å². The molecule has 1 aliphatic heterocycles. The van der Waals surface area contributed by atoms with Crippen LogP contribution in [0.15, 0.2) is 35.7 Å². The lowest BCUT2D eigenvalue weighted by Gasteiger charge is -2.26. The number of pyridine rings is 2. The second-order valence-electron chi connectivity index (χ2n) is 6.22. The van der Waals surface area contributed by atoms with E-state index < -0.39 is 0 Å². The predicted molar refractivity (Wildman–Crippen MR) is 113 cm³/mol. The molecular formula is C18H21IN6O3. The molecule has 0 aliphatic carbocycles. The molecule has 10 heteroatoms. The van der Waals surface area contributed by atoms with E-state index in [1.165, 1.54) is 10.8 Å². The minimum atomic E-state index is -0.0342. The molecule has 0 aromatic carbocycles. The van der Waals surface area contributed by atoms with Crippen molar-refractivity contribution in [2.24, 2.45) is 10.9 Å². The highest BCUT2D eigenvalue weighted by molar-refractivity contribution is 14.1. The first-order valence-corrected chi connectivity index (χ1v) is 10.4. The van der Waals surface area contributed by atoms with Gasteiger partial charge in [0.1, 0.15) is 4.61 Å². The molecule has 1 amide bonds. The van der Waals surface area contributed by atoms with Gasteiger partial charge in [-0.2, -0.15) is 5.10 Å².